The molecule has 178 valence electrons. The third-order valence-electron chi connectivity index (χ3n) is 4.98. The smallest absolute Gasteiger partial charge is 0.410 e. The number of likely N-dealkylation sites (N-methyl/N-ethyl adjacent to an activating group) is 1. The summed E-state index contributed by atoms with van der Waals surface area (Å²) >= 11 is 5.99. The van der Waals surface area contributed by atoms with Crippen LogP contribution >= 0.6 is 11.6 Å². The molecule has 0 spiro atoms. The molecule has 0 fully saturated rings. The van der Waals surface area contributed by atoms with Crippen LogP contribution in [0.1, 0.15) is 53.0 Å². The van der Waals surface area contributed by atoms with Crippen molar-refractivity contribution in [1.82, 2.24) is 15.3 Å². The molecular weight excluding hydrogens is 430 g/mol. The highest BCUT2D eigenvalue weighted by molar-refractivity contribution is 6.30. The van der Waals surface area contributed by atoms with E-state index in [1.54, 1.807) is 11.9 Å². The van der Waals surface area contributed by atoms with E-state index in [9.17, 15) is 9.59 Å². The molecule has 1 aliphatic heterocycles. The summed E-state index contributed by atoms with van der Waals surface area (Å²) in [5, 5.41) is 0.671. The SMILES string of the molecule is CC(C)CC(C(=O)N1CC=C(NOCc2cccc(Cl)c2)CC1)N(C)C(=O)OC(C)(C)C. The van der Waals surface area contributed by atoms with Crippen LogP contribution in [-0.2, 0) is 21.0 Å². The zero-order chi connectivity index (χ0) is 23.9. The maximum Gasteiger partial charge on any atom is 0.410 e. The molecule has 32 heavy (non-hydrogen) atoms. The zero-order valence-corrected chi connectivity index (χ0v) is 20.7. The number of hydroxylamine groups is 1. The summed E-state index contributed by atoms with van der Waals surface area (Å²) in [4.78, 5) is 34.6. The quantitative estimate of drug-likeness (QED) is 0.560. The maximum atomic E-state index is 13.3. The first-order valence-electron chi connectivity index (χ1n) is 11.0. The van der Waals surface area contributed by atoms with E-state index < -0.39 is 17.7 Å². The summed E-state index contributed by atoms with van der Waals surface area (Å²) in [6.45, 7) is 10.9. The van der Waals surface area contributed by atoms with Gasteiger partial charge in [0.05, 0.1) is 6.61 Å². The lowest BCUT2D eigenvalue weighted by Crippen LogP contribution is -2.52. The van der Waals surface area contributed by atoms with Crippen LogP contribution in [0.3, 0.4) is 0 Å². The van der Waals surface area contributed by atoms with E-state index >= 15 is 0 Å². The first-order valence-corrected chi connectivity index (χ1v) is 11.4. The fourth-order valence-corrected chi connectivity index (χ4v) is 3.56. The second kappa shape index (κ2) is 11.6. The van der Waals surface area contributed by atoms with Gasteiger partial charge in [0.2, 0.25) is 5.91 Å². The summed E-state index contributed by atoms with van der Waals surface area (Å²) < 4.78 is 5.47. The van der Waals surface area contributed by atoms with E-state index in [1.165, 1.54) is 4.90 Å². The lowest BCUT2D eigenvalue weighted by Gasteiger charge is -2.35. The van der Waals surface area contributed by atoms with Gasteiger partial charge in [0.1, 0.15) is 11.6 Å². The molecule has 1 atom stereocenters. The minimum Gasteiger partial charge on any atom is -0.444 e. The molecule has 1 unspecified atom stereocenters. The lowest BCUT2D eigenvalue weighted by atomic mass is 10.0. The van der Waals surface area contributed by atoms with Crippen molar-refractivity contribution in [3.8, 4) is 0 Å². The van der Waals surface area contributed by atoms with E-state index in [1.807, 2.05) is 65.0 Å². The van der Waals surface area contributed by atoms with Gasteiger partial charge in [-0.15, -0.1) is 0 Å². The molecule has 0 aromatic heterocycles. The second-order valence-electron chi connectivity index (χ2n) is 9.52. The van der Waals surface area contributed by atoms with Gasteiger partial charge in [-0.1, -0.05) is 37.6 Å². The van der Waals surface area contributed by atoms with Crippen LogP contribution in [-0.4, -0.2) is 53.6 Å². The third kappa shape index (κ3) is 8.36. The highest BCUT2D eigenvalue weighted by Gasteiger charge is 2.34. The second-order valence-corrected chi connectivity index (χ2v) is 9.96. The van der Waals surface area contributed by atoms with E-state index in [0.717, 1.165) is 11.3 Å². The van der Waals surface area contributed by atoms with Gasteiger partial charge in [-0.3, -0.25) is 20.0 Å². The van der Waals surface area contributed by atoms with Crippen molar-refractivity contribution in [3.63, 3.8) is 0 Å². The Morgan fingerprint density at radius 1 is 1.28 bits per heavy atom. The van der Waals surface area contributed by atoms with Crippen molar-refractivity contribution < 1.29 is 19.2 Å². The van der Waals surface area contributed by atoms with Gasteiger partial charge < -0.3 is 9.64 Å². The molecule has 7 nitrogen and oxygen atoms in total. The highest BCUT2D eigenvalue weighted by atomic mass is 35.5. The minimum atomic E-state index is -0.615. The van der Waals surface area contributed by atoms with Gasteiger partial charge in [-0.25, -0.2) is 4.79 Å². The van der Waals surface area contributed by atoms with Gasteiger partial charge in [-0.2, -0.15) is 0 Å². The normalized spacial score (nSPS) is 15.2. The van der Waals surface area contributed by atoms with E-state index in [2.05, 4.69) is 5.48 Å². The van der Waals surface area contributed by atoms with Crippen LogP contribution in [0.5, 0.6) is 0 Å². The van der Waals surface area contributed by atoms with Crippen molar-refractivity contribution in [3.05, 3.63) is 46.6 Å². The van der Waals surface area contributed by atoms with Crippen molar-refractivity contribution in [2.24, 2.45) is 5.92 Å². The van der Waals surface area contributed by atoms with Crippen LogP contribution in [0.15, 0.2) is 36.0 Å². The fourth-order valence-electron chi connectivity index (χ4n) is 3.34. The summed E-state index contributed by atoms with van der Waals surface area (Å²) in [5.74, 6) is 0.188. The van der Waals surface area contributed by atoms with Crippen LogP contribution in [0.4, 0.5) is 4.79 Å². The van der Waals surface area contributed by atoms with Crippen molar-refractivity contribution in [2.45, 2.75) is 65.7 Å². The van der Waals surface area contributed by atoms with Gasteiger partial charge in [-0.05, 0) is 56.9 Å². The number of ether oxygens (including phenoxy) is 1. The number of nitrogens with zero attached hydrogens (tertiary/aromatic N) is 2. The molecule has 0 radical (unpaired) electrons. The number of hydrogen-bond donors (Lipinski definition) is 1. The summed E-state index contributed by atoms with van der Waals surface area (Å²) in [6.07, 6.45) is 2.68. The predicted octanol–water partition coefficient (Wildman–Crippen LogP) is 4.76. The van der Waals surface area contributed by atoms with E-state index in [0.29, 0.717) is 37.6 Å². The Bertz CT molecular complexity index is 820. The molecule has 8 heteroatoms. The maximum absolute atomic E-state index is 13.3. The summed E-state index contributed by atoms with van der Waals surface area (Å²) in [7, 11) is 1.63. The number of nitrogens with one attached hydrogen (secondary N) is 1. The van der Waals surface area contributed by atoms with E-state index in [4.69, 9.17) is 21.2 Å². The number of carbonyl (C=O) groups is 2. The molecule has 2 amide bonds. The molecule has 0 saturated carbocycles. The molecule has 1 heterocycles. The van der Waals surface area contributed by atoms with Crippen molar-refractivity contribution >= 4 is 23.6 Å². The van der Waals surface area contributed by atoms with Gasteiger partial charge in [0.15, 0.2) is 0 Å². The fraction of sp³-hybridized carbons (Fsp3) is 0.583. The monoisotopic (exact) mass is 465 g/mol. The Balaban J connectivity index is 1.93. The molecule has 1 aromatic rings. The molecule has 1 aliphatic rings. The molecule has 2 rings (SSSR count). The molecule has 1 N–H and O–H groups in total. The highest BCUT2D eigenvalue weighted by Crippen LogP contribution is 2.19. The Hall–Kier alpha value is -2.25. The Kier molecular flexibility index (Phi) is 9.40. The van der Waals surface area contributed by atoms with Crippen molar-refractivity contribution in [1.29, 1.82) is 0 Å². The first kappa shape index (κ1) is 26.0. The predicted molar refractivity (Wildman–Crippen MR) is 126 cm³/mol. The minimum absolute atomic E-state index is 0.0674. The van der Waals surface area contributed by atoms with Crippen molar-refractivity contribution in [2.75, 3.05) is 20.1 Å². The van der Waals surface area contributed by atoms with Gasteiger partial charge in [0, 0.05) is 37.3 Å². The molecule has 0 aliphatic carbocycles. The Morgan fingerprint density at radius 2 is 2.00 bits per heavy atom. The average molecular weight is 466 g/mol. The molecular formula is C24H36ClN3O4. The molecule has 0 bridgehead atoms. The standard InChI is InChI=1S/C24H36ClN3O4/c1-17(2)14-21(27(6)23(30)32-24(3,4)5)22(29)28-12-10-20(11-13-28)26-31-16-18-8-7-9-19(25)15-18/h7-10,15,17,21,26H,11-14,16H2,1-6H3. The number of halogens is 1. The molecule has 0 saturated heterocycles. The lowest BCUT2D eigenvalue weighted by molar-refractivity contribution is -0.136. The van der Waals surface area contributed by atoms with Crippen LogP contribution in [0, 0.1) is 5.92 Å². The average Bonchev–Trinajstić information content (AvgIpc) is 2.70. The van der Waals surface area contributed by atoms with Crippen LogP contribution in [0.25, 0.3) is 0 Å². The van der Waals surface area contributed by atoms with Gasteiger partial charge >= 0.3 is 6.09 Å². The van der Waals surface area contributed by atoms with Crippen LogP contribution in [0.2, 0.25) is 5.02 Å². The largest absolute Gasteiger partial charge is 0.444 e. The van der Waals surface area contributed by atoms with E-state index in [-0.39, 0.29) is 11.8 Å². The summed E-state index contributed by atoms with van der Waals surface area (Å²) in [5.41, 5.74) is 4.26. The third-order valence-corrected chi connectivity index (χ3v) is 5.22. The summed E-state index contributed by atoms with van der Waals surface area (Å²) in [6, 6.07) is 6.94. The van der Waals surface area contributed by atoms with Crippen LogP contribution < -0.4 is 5.48 Å². The number of carbonyl (C=O) groups excluding carboxylic acids is 2. The molecule has 1 aromatic carbocycles. The topological polar surface area (TPSA) is 71.1 Å². The van der Waals surface area contributed by atoms with Gasteiger partial charge in [0.25, 0.3) is 0 Å². The first-order chi connectivity index (χ1) is 15.0. The Morgan fingerprint density at radius 3 is 2.56 bits per heavy atom. The number of hydrogen-bond acceptors (Lipinski definition) is 5. The number of rotatable bonds is 8. The zero-order valence-electron chi connectivity index (χ0n) is 20.0. The Labute approximate surface area is 196 Å². The number of benzene rings is 1. The number of amides is 2.